The second kappa shape index (κ2) is 10.6. The number of hydrogen-bond acceptors (Lipinski definition) is 4. The van der Waals surface area contributed by atoms with Gasteiger partial charge in [0, 0.05) is 25.4 Å². The molecule has 4 heteroatoms. The second-order valence-corrected chi connectivity index (χ2v) is 5.57. The number of ether oxygens (including phenoxy) is 3. The highest BCUT2D eigenvalue weighted by atomic mass is 16.5. The molecule has 0 aliphatic carbocycles. The predicted octanol–water partition coefficient (Wildman–Crippen LogP) is 4.50. The van der Waals surface area contributed by atoms with Gasteiger partial charge >= 0.3 is 0 Å². The number of rotatable bonds is 11. The molecule has 0 radical (unpaired) electrons. The zero-order chi connectivity index (χ0) is 17.0. The van der Waals surface area contributed by atoms with Crippen molar-refractivity contribution in [3.05, 3.63) is 54.1 Å². The molecule has 4 nitrogen and oxygen atoms in total. The van der Waals surface area contributed by atoms with Crippen molar-refractivity contribution in [2.24, 2.45) is 0 Å². The highest BCUT2D eigenvalue weighted by Gasteiger charge is 2.00. The van der Waals surface area contributed by atoms with Gasteiger partial charge in [0.25, 0.3) is 0 Å². The van der Waals surface area contributed by atoms with E-state index in [1.807, 2.05) is 36.4 Å². The van der Waals surface area contributed by atoms with Gasteiger partial charge in [-0.1, -0.05) is 31.5 Å². The fraction of sp³-hybridized carbons (Fsp3) is 0.400. The number of nitrogens with one attached hydrogen (secondary N) is 1. The molecular weight excluding hydrogens is 302 g/mol. The van der Waals surface area contributed by atoms with Crippen molar-refractivity contribution in [1.29, 1.82) is 0 Å². The van der Waals surface area contributed by atoms with E-state index < -0.39 is 0 Å². The minimum absolute atomic E-state index is 0.553. The van der Waals surface area contributed by atoms with Crippen LogP contribution in [0.5, 0.6) is 11.5 Å². The molecule has 2 rings (SSSR count). The van der Waals surface area contributed by atoms with Crippen molar-refractivity contribution >= 4 is 5.69 Å². The summed E-state index contributed by atoms with van der Waals surface area (Å²) in [7, 11) is 1.67. The van der Waals surface area contributed by atoms with E-state index in [4.69, 9.17) is 14.2 Å². The molecule has 0 heterocycles. The Balaban J connectivity index is 1.86. The normalized spacial score (nSPS) is 10.4. The van der Waals surface area contributed by atoms with Crippen LogP contribution in [-0.2, 0) is 11.3 Å². The first-order chi connectivity index (χ1) is 11.8. The predicted molar refractivity (Wildman–Crippen MR) is 98.0 cm³/mol. The van der Waals surface area contributed by atoms with Crippen LogP contribution in [0.25, 0.3) is 0 Å². The Hall–Kier alpha value is -2.20. The molecule has 0 saturated carbocycles. The summed E-state index contributed by atoms with van der Waals surface area (Å²) in [6, 6.07) is 16.2. The minimum Gasteiger partial charge on any atom is -0.494 e. The molecule has 0 bridgehead atoms. The number of methoxy groups -OCH3 is 1. The fourth-order valence-corrected chi connectivity index (χ4v) is 2.22. The lowest BCUT2D eigenvalue weighted by molar-refractivity contribution is 0.146. The highest BCUT2D eigenvalue weighted by molar-refractivity contribution is 5.48. The van der Waals surface area contributed by atoms with E-state index in [9.17, 15) is 0 Å². The standard InChI is InChI=1S/C20H27NO3/c1-3-4-11-23-19-9-5-7-17(14-19)16-21-18-8-6-10-20(15-18)24-13-12-22-2/h5-10,14-15,21H,3-4,11-13,16H2,1-2H3. The molecule has 0 atom stereocenters. The minimum atomic E-state index is 0.553. The van der Waals surface area contributed by atoms with Crippen LogP contribution in [-0.4, -0.2) is 26.9 Å². The van der Waals surface area contributed by atoms with Gasteiger partial charge in [-0.3, -0.25) is 0 Å². The summed E-state index contributed by atoms with van der Waals surface area (Å²) in [6.45, 7) is 4.82. The maximum atomic E-state index is 5.75. The van der Waals surface area contributed by atoms with Gasteiger partial charge in [-0.25, -0.2) is 0 Å². The van der Waals surface area contributed by atoms with Crippen LogP contribution in [0.15, 0.2) is 48.5 Å². The van der Waals surface area contributed by atoms with Gasteiger partial charge in [-0.15, -0.1) is 0 Å². The summed E-state index contributed by atoms with van der Waals surface area (Å²) in [6.07, 6.45) is 2.22. The van der Waals surface area contributed by atoms with E-state index in [1.165, 1.54) is 5.56 Å². The Morgan fingerprint density at radius 1 is 0.875 bits per heavy atom. The van der Waals surface area contributed by atoms with Gasteiger partial charge in [0.2, 0.25) is 0 Å². The van der Waals surface area contributed by atoms with E-state index in [-0.39, 0.29) is 0 Å². The van der Waals surface area contributed by atoms with Crippen LogP contribution in [0.4, 0.5) is 5.69 Å². The van der Waals surface area contributed by atoms with E-state index in [2.05, 4.69) is 24.4 Å². The van der Waals surface area contributed by atoms with Gasteiger partial charge < -0.3 is 19.5 Å². The first-order valence-electron chi connectivity index (χ1n) is 8.49. The van der Waals surface area contributed by atoms with Gasteiger partial charge in [-0.05, 0) is 36.2 Å². The van der Waals surface area contributed by atoms with Gasteiger partial charge in [0.05, 0.1) is 13.2 Å². The molecule has 1 N–H and O–H groups in total. The first-order valence-corrected chi connectivity index (χ1v) is 8.49. The smallest absolute Gasteiger partial charge is 0.121 e. The van der Waals surface area contributed by atoms with Crippen molar-refractivity contribution in [2.75, 3.05) is 32.2 Å². The zero-order valence-corrected chi connectivity index (χ0v) is 14.6. The van der Waals surface area contributed by atoms with Crippen LogP contribution < -0.4 is 14.8 Å². The summed E-state index contributed by atoms with van der Waals surface area (Å²) in [4.78, 5) is 0. The van der Waals surface area contributed by atoms with Crippen LogP contribution in [0.2, 0.25) is 0 Å². The third kappa shape index (κ3) is 6.50. The topological polar surface area (TPSA) is 39.7 Å². The lowest BCUT2D eigenvalue weighted by Crippen LogP contribution is -2.05. The van der Waals surface area contributed by atoms with Crippen LogP contribution in [0.1, 0.15) is 25.3 Å². The Kier molecular flexibility index (Phi) is 7.98. The average Bonchev–Trinajstić information content (AvgIpc) is 2.61. The highest BCUT2D eigenvalue weighted by Crippen LogP contribution is 2.19. The molecule has 0 unspecified atom stereocenters. The molecule has 2 aromatic rings. The molecule has 0 saturated heterocycles. The molecule has 24 heavy (non-hydrogen) atoms. The van der Waals surface area contributed by atoms with Crippen molar-refractivity contribution in [3.63, 3.8) is 0 Å². The third-order valence-corrected chi connectivity index (χ3v) is 3.55. The maximum absolute atomic E-state index is 5.75. The quantitative estimate of drug-likeness (QED) is 0.616. The van der Waals surface area contributed by atoms with Crippen LogP contribution >= 0.6 is 0 Å². The fourth-order valence-electron chi connectivity index (χ4n) is 2.22. The summed E-state index contributed by atoms with van der Waals surface area (Å²) in [5.74, 6) is 1.77. The van der Waals surface area contributed by atoms with Gasteiger partial charge in [0.15, 0.2) is 0 Å². The number of benzene rings is 2. The molecular formula is C20H27NO3. The Morgan fingerprint density at radius 3 is 2.42 bits per heavy atom. The monoisotopic (exact) mass is 329 g/mol. The molecule has 0 aliphatic rings. The van der Waals surface area contributed by atoms with E-state index in [0.717, 1.165) is 43.2 Å². The molecule has 0 aromatic heterocycles. The lowest BCUT2D eigenvalue weighted by Gasteiger charge is -2.11. The lowest BCUT2D eigenvalue weighted by atomic mass is 10.2. The molecule has 2 aromatic carbocycles. The zero-order valence-electron chi connectivity index (χ0n) is 14.6. The van der Waals surface area contributed by atoms with Crippen molar-refractivity contribution in [1.82, 2.24) is 0 Å². The largest absolute Gasteiger partial charge is 0.494 e. The summed E-state index contributed by atoms with van der Waals surface area (Å²) >= 11 is 0. The summed E-state index contributed by atoms with van der Waals surface area (Å²) < 4.78 is 16.4. The number of hydrogen-bond donors (Lipinski definition) is 1. The van der Waals surface area contributed by atoms with Crippen molar-refractivity contribution in [3.8, 4) is 11.5 Å². The van der Waals surface area contributed by atoms with Crippen LogP contribution in [0.3, 0.4) is 0 Å². The third-order valence-electron chi connectivity index (χ3n) is 3.55. The summed E-state index contributed by atoms with van der Waals surface area (Å²) in [5, 5.41) is 3.42. The van der Waals surface area contributed by atoms with Crippen molar-refractivity contribution < 1.29 is 14.2 Å². The average molecular weight is 329 g/mol. The maximum Gasteiger partial charge on any atom is 0.121 e. The molecule has 130 valence electrons. The molecule has 0 aliphatic heterocycles. The molecule has 0 spiro atoms. The van der Waals surface area contributed by atoms with E-state index in [1.54, 1.807) is 7.11 Å². The Morgan fingerprint density at radius 2 is 1.62 bits per heavy atom. The van der Waals surface area contributed by atoms with Gasteiger partial charge in [-0.2, -0.15) is 0 Å². The number of anilines is 1. The van der Waals surface area contributed by atoms with E-state index in [0.29, 0.717) is 13.2 Å². The van der Waals surface area contributed by atoms with Crippen molar-refractivity contribution in [2.45, 2.75) is 26.3 Å². The summed E-state index contributed by atoms with van der Waals surface area (Å²) in [5.41, 5.74) is 2.22. The Labute approximate surface area is 144 Å². The Bertz CT molecular complexity index is 547. The van der Waals surface area contributed by atoms with Crippen LogP contribution in [0, 0.1) is 0 Å². The molecule has 0 amide bonds. The van der Waals surface area contributed by atoms with E-state index >= 15 is 0 Å². The first kappa shape index (κ1) is 18.1. The van der Waals surface area contributed by atoms with Gasteiger partial charge in [0.1, 0.15) is 18.1 Å². The SMILES string of the molecule is CCCCOc1cccc(CNc2cccc(OCCOC)c2)c1. The number of unbranched alkanes of at least 4 members (excludes halogenated alkanes) is 1. The molecule has 0 fully saturated rings. The second-order valence-electron chi connectivity index (χ2n) is 5.57.